The van der Waals surface area contributed by atoms with Gasteiger partial charge in [-0.1, -0.05) is 36.4 Å². The van der Waals surface area contributed by atoms with E-state index in [1.807, 2.05) is 11.8 Å². The van der Waals surface area contributed by atoms with E-state index in [2.05, 4.69) is 64.1 Å². The number of hydrogen-bond acceptors (Lipinski definition) is 3. The van der Waals surface area contributed by atoms with Crippen LogP contribution in [0.1, 0.15) is 56.2 Å². The first-order chi connectivity index (χ1) is 14.8. The van der Waals surface area contributed by atoms with E-state index in [1.165, 1.54) is 40.7 Å². The van der Waals surface area contributed by atoms with Crippen molar-refractivity contribution >= 4 is 17.2 Å². The van der Waals surface area contributed by atoms with Crippen LogP contribution in [0, 0.1) is 40.5 Å². The van der Waals surface area contributed by atoms with E-state index >= 15 is 0 Å². The van der Waals surface area contributed by atoms with E-state index in [0.717, 1.165) is 35.0 Å². The van der Waals surface area contributed by atoms with Crippen molar-refractivity contribution in [3.63, 3.8) is 0 Å². The number of benzene rings is 2. The molecule has 0 aliphatic heterocycles. The van der Waals surface area contributed by atoms with E-state index in [9.17, 15) is 4.79 Å². The first kappa shape index (κ1) is 21.8. The Bertz CT molecular complexity index is 1110. The van der Waals surface area contributed by atoms with Gasteiger partial charge in [0.2, 0.25) is 0 Å². The molecule has 1 aliphatic rings. The van der Waals surface area contributed by atoms with Crippen molar-refractivity contribution in [3.05, 3.63) is 74.9 Å². The van der Waals surface area contributed by atoms with Gasteiger partial charge in [0.1, 0.15) is 5.69 Å². The molecule has 4 heteroatoms. The molecule has 4 rings (SSSR count). The van der Waals surface area contributed by atoms with E-state index in [4.69, 9.17) is 4.98 Å². The third kappa shape index (κ3) is 5.07. The molecule has 3 nitrogen and oxygen atoms in total. The number of nitrogens with zero attached hydrogens (tertiary/aromatic N) is 2. The minimum absolute atomic E-state index is 0.0771. The van der Waals surface area contributed by atoms with E-state index in [1.54, 1.807) is 11.3 Å². The van der Waals surface area contributed by atoms with Crippen LogP contribution in [0.3, 0.4) is 0 Å². The van der Waals surface area contributed by atoms with Crippen LogP contribution in [-0.4, -0.2) is 28.9 Å². The summed E-state index contributed by atoms with van der Waals surface area (Å²) in [5, 5.41) is 0.942. The fourth-order valence-corrected chi connectivity index (χ4v) is 4.82. The number of carbonyl (C=O) groups excluding carboxylic acids is 1. The summed E-state index contributed by atoms with van der Waals surface area (Å²) < 4.78 is 0. The van der Waals surface area contributed by atoms with Gasteiger partial charge >= 0.3 is 0 Å². The standard InChI is InChI=1S/C27H32N2OS/c1-17-6-8-22(14-19(17)3)12-13-29(16-23-9-10-23)27(30)25-26(31-21(5)28-25)24-11-7-18(2)20(4)15-24/h6-8,11,14-15,23H,9-10,12-13,16H2,1-5H3. The SMILES string of the molecule is Cc1nc(C(=O)N(CCc2ccc(C)c(C)c2)CC2CC2)c(-c2ccc(C)c(C)c2)s1. The second-order valence-electron chi connectivity index (χ2n) is 9.07. The zero-order chi connectivity index (χ0) is 22.1. The molecule has 0 saturated heterocycles. The van der Waals surface area contributed by atoms with Crippen LogP contribution in [0.25, 0.3) is 10.4 Å². The number of hydrogen-bond donors (Lipinski definition) is 0. The minimum atomic E-state index is 0.0771. The molecule has 0 bridgehead atoms. The van der Waals surface area contributed by atoms with Crippen molar-refractivity contribution < 1.29 is 4.79 Å². The fourth-order valence-electron chi connectivity index (χ4n) is 3.91. The van der Waals surface area contributed by atoms with Crippen LogP contribution in [0.4, 0.5) is 0 Å². The van der Waals surface area contributed by atoms with Crippen LogP contribution in [0.15, 0.2) is 36.4 Å². The van der Waals surface area contributed by atoms with Gasteiger partial charge in [0.25, 0.3) is 5.91 Å². The average Bonchev–Trinajstić information content (AvgIpc) is 3.48. The molecule has 1 amide bonds. The third-order valence-electron chi connectivity index (χ3n) is 6.41. The summed E-state index contributed by atoms with van der Waals surface area (Å²) >= 11 is 1.62. The Morgan fingerprint density at radius 2 is 1.65 bits per heavy atom. The van der Waals surface area contributed by atoms with Gasteiger partial charge in [0.15, 0.2) is 0 Å². The maximum atomic E-state index is 13.7. The quantitative estimate of drug-likeness (QED) is 0.430. The summed E-state index contributed by atoms with van der Waals surface area (Å²) in [5.74, 6) is 0.724. The zero-order valence-corrected chi connectivity index (χ0v) is 20.1. The highest BCUT2D eigenvalue weighted by molar-refractivity contribution is 7.15. The van der Waals surface area contributed by atoms with Crippen LogP contribution < -0.4 is 0 Å². The van der Waals surface area contributed by atoms with Gasteiger partial charge in [0, 0.05) is 13.1 Å². The van der Waals surface area contributed by atoms with Gasteiger partial charge in [-0.2, -0.15) is 0 Å². The molecule has 0 N–H and O–H groups in total. The predicted octanol–water partition coefficient (Wildman–Crippen LogP) is 6.45. The number of thiazole rings is 1. The number of aromatic nitrogens is 1. The first-order valence-electron chi connectivity index (χ1n) is 11.2. The Kier molecular flexibility index (Phi) is 6.29. The van der Waals surface area contributed by atoms with Crippen molar-refractivity contribution in [2.75, 3.05) is 13.1 Å². The molecular formula is C27H32N2OS. The maximum absolute atomic E-state index is 13.7. The Morgan fingerprint density at radius 3 is 2.29 bits per heavy atom. The topological polar surface area (TPSA) is 33.2 Å². The lowest BCUT2D eigenvalue weighted by molar-refractivity contribution is 0.0745. The van der Waals surface area contributed by atoms with Crippen molar-refractivity contribution in [2.24, 2.45) is 5.92 Å². The second kappa shape index (κ2) is 8.96. The Morgan fingerprint density at radius 1 is 0.968 bits per heavy atom. The molecule has 0 spiro atoms. The summed E-state index contributed by atoms with van der Waals surface area (Å²) in [6.07, 6.45) is 3.34. The van der Waals surface area contributed by atoms with Crippen LogP contribution in [-0.2, 0) is 6.42 Å². The van der Waals surface area contributed by atoms with E-state index < -0.39 is 0 Å². The van der Waals surface area contributed by atoms with Crippen LogP contribution in [0.2, 0.25) is 0 Å². The lowest BCUT2D eigenvalue weighted by Crippen LogP contribution is -2.35. The Hall–Kier alpha value is -2.46. The smallest absolute Gasteiger partial charge is 0.274 e. The molecule has 0 unspecified atom stereocenters. The van der Waals surface area contributed by atoms with Gasteiger partial charge in [-0.15, -0.1) is 11.3 Å². The number of carbonyl (C=O) groups is 1. The normalized spacial score (nSPS) is 13.5. The van der Waals surface area contributed by atoms with Crippen molar-refractivity contribution in [1.82, 2.24) is 9.88 Å². The molecule has 2 aromatic carbocycles. The third-order valence-corrected chi connectivity index (χ3v) is 7.43. The van der Waals surface area contributed by atoms with Gasteiger partial charge in [-0.05, 0) is 93.2 Å². The molecule has 1 aromatic heterocycles. The van der Waals surface area contributed by atoms with Crippen molar-refractivity contribution in [2.45, 2.75) is 53.9 Å². The summed E-state index contributed by atoms with van der Waals surface area (Å²) in [5.41, 5.74) is 8.13. The molecule has 1 heterocycles. The van der Waals surface area contributed by atoms with E-state index in [0.29, 0.717) is 11.6 Å². The molecule has 0 radical (unpaired) electrons. The number of amides is 1. The van der Waals surface area contributed by atoms with Crippen molar-refractivity contribution in [3.8, 4) is 10.4 Å². The van der Waals surface area contributed by atoms with Gasteiger partial charge in [0.05, 0.1) is 9.88 Å². The maximum Gasteiger partial charge on any atom is 0.274 e. The van der Waals surface area contributed by atoms with Gasteiger partial charge in [-0.3, -0.25) is 4.79 Å². The molecular weight excluding hydrogens is 400 g/mol. The molecule has 1 saturated carbocycles. The summed E-state index contributed by atoms with van der Waals surface area (Å²) in [7, 11) is 0. The fraction of sp³-hybridized carbons (Fsp3) is 0.407. The lowest BCUT2D eigenvalue weighted by atomic mass is 10.0. The van der Waals surface area contributed by atoms with Crippen LogP contribution in [0.5, 0.6) is 0 Å². The molecule has 1 aliphatic carbocycles. The highest BCUT2D eigenvalue weighted by Crippen LogP contribution is 2.34. The molecule has 1 fully saturated rings. The Balaban J connectivity index is 1.59. The summed E-state index contributed by atoms with van der Waals surface area (Å²) in [4.78, 5) is 21.4. The zero-order valence-electron chi connectivity index (χ0n) is 19.3. The minimum Gasteiger partial charge on any atom is -0.337 e. The lowest BCUT2D eigenvalue weighted by Gasteiger charge is -2.23. The average molecular weight is 433 g/mol. The number of aryl methyl sites for hydroxylation is 5. The molecule has 3 aromatic rings. The highest BCUT2D eigenvalue weighted by atomic mass is 32.1. The first-order valence-corrected chi connectivity index (χ1v) is 12.0. The van der Waals surface area contributed by atoms with Crippen LogP contribution >= 0.6 is 11.3 Å². The summed E-state index contributed by atoms with van der Waals surface area (Å²) in [6, 6.07) is 13.1. The molecule has 0 atom stereocenters. The van der Waals surface area contributed by atoms with Gasteiger partial charge < -0.3 is 4.90 Å². The second-order valence-corrected chi connectivity index (χ2v) is 10.3. The molecule has 31 heavy (non-hydrogen) atoms. The largest absolute Gasteiger partial charge is 0.337 e. The Labute approximate surface area is 190 Å². The van der Waals surface area contributed by atoms with Gasteiger partial charge in [-0.25, -0.2) is 4.98 Å². The highest BCUT2D eigenvalue weighted by Gasteiger charge is 2.30. The molecule has 162 valence electrons. The van der Waals surface area contributed by atoms with E-state index in [-0.39, 0.29) is 5.91 Å². The monoisotopic (exact) mass is 432 g/mol. The predicted molar refractivity (Wildman–Crippen MR) is 130 cm³/mol. The summed E-state index contributed by atoms with van der Waals surface area (Å²) in [6.45, 7) is 12.1. The van der Waals surface area contributed by atoms with Crippen molar-refractivity contribution in [1.29, 1.82) is 0 Å². The number of rotatable bonds is 7.